The maximum Gasteiger partial charge on any atom is 0.188 e. The Kier molecular flexibility index (Phi) is 7.35. The van der Waals surface area contributed by atoms with E-state index in [4.69, 9.17) is 5.73 Å². The molecule has 5 heteroatoms. The molecule has 1 heterocycles. The second-order valence-corrected chi connectivity index (χ2v) is 6.12. The SMILES string of the molecule is C=CCNC(N)=NCC(C)(C)N1CCc2ccccc2C1.I. The minimum Gasteiger partial charge on any atom is -0.370 e. The molecular formula is C17H27IN4. The highest BCUT2D eigenvalue weighted by Gasteiger charge is 2.29. The summed E-state index contributed by atoms with van der Waals surface area (Å²) in [5, 5.41) is 3.01. The van der Waals surface area contributed by atoms with Gasteiger partial charge in [-0.2, -0.15) is 0 Å². The number of hydrogen-bond donors (Lipinski definition) is 2. The van der Waals surface area contributed by atoms with Crippen LogP contribution in [0.3, 0.4) is 0 Å². The molecule has 1 aliphatic heterocycles. The Hall–Kier alpha value is -1.08. The van der Waals surface area contributed by atoms with Crippen LogP contribution in [0.25, 0.3) is 0 Å². The van der Waals surface area contributed by atoms with Gasteiger partial charge in [0.05, 0.1) is 6.54 Å². The summed E-state index contributed by atoms with van der Waals surface area (Å²) in [5.41, 5.74) is 8.74. The van der Waals surface area contributed by atoms with Gasteiger partial charge in [0.2, 0.25) is 0 Å². The molecule has 0 bridgehead atoms. The van der Waals surface area contributed by atoms with Crippen molar-refractivity contribution in [1.82, 2.24) is 10.2 Å². The van der Waals surface area contributed by atoms with Crippen LogP contribution >= 0.6 is 24.0 Å². The Morgan fingerprint density at radius 2 is 2.09 bits per heavy atom. The number of hydrogen-bond acceptors (Lipinski definition) is 2. The van der Waals surface area contributed by atoms with Gasteiger partial charge in [0.25, 0.3) is 0 Å². The van der Waals surface area contributed by atoms with Crippen molar-refractivity contribution < 1.29 is 0 Å². The van der Waals surface area contributed by atoms with Crippen LogP contribution < -0.4 is 11.1 Å². The second-order valence-electron chi connectivity index (χ2n) is 6.12. The number of nitrogens with zero attached hydrogens (tertiary/aromatic N) is 2. The number of fused-ring (bicyclic) bond motifs is 1. The first-order valence-corrected chi connectivity index (χ1v) is 7.49. The Bertz CT molecular complexity index is 525. The topological polar surface area (TPSA) is 53.6 Å². The fourth-order valence-corrected chi connectivity index (χ4v) is 2.62. The molecule has 3 N–H and O–H groups in total. The molecule has 0 saturated heterocycles. The van der Waals surface area contributed by atoms with Gasteiger partial charge in [-0.15, -0.1) is 30.6 Å². The first kappa shape index (κ1) is 19.0. The molecule has 0 atom stereocenters. The van der Waals surface area contributed by atoms with Crippen LogP contribution in [0.15, 0.2) is 41.9 Å². The highest BCUT2D eigenvalue weighted by molar-refractivity contribution is 14.0. The normalized spacial score (nSPS) is 15.6. The molecule has 0 fully saturated rings. The number of halogens is 1. The van der Waals surface area contributed by atoms with Gasteiger partial charge in [-0.3, -0.25) is 9.89 Å². The Balaban J connectivity index is 0.00000242. The summed E-state index contributed by atoms with van der Waals surface area (Å²) in [6.07, 6.45) is 2.88. The fraction of sp³-hybridized carbons (Fsp3) is 0.471. The van der Waals surface area contributed by atoms with Crippen LogP contribution in [-0.2, 0) is 13.0 Å². The number of rotatable bonds is 5. The maximum atomic E-state index is 5.85. The predicted molar refractivity (Wildman–Crippen MR) is 105 cm³/mol. The summed E-state index contributed by atoms with van der Waals surface area (Å²) in [6.45, 7) is 11.5. The third kappa shape index (κ3) is 4.98. The molecule has 0 radical (unpaired) electrons. The number of nitrogens with one attached hydrogen (secondary N) is 1. The van der Waals surface area contributed by atoms with Crippen LogP contribution in [0.2, 0.25) is 0 Å². The number of aliphatic imine (C=N–C) groups is 1. The number of benzene rings is 1. The third-order valence-corrected chi connectivity index (χ3v) is 4.05. The van der Waals surface area contributed by atoms with Crippen molar-refractivity contribution in [3.8, 4) is 0 Å². The van der Waals surface area contributed by atoms with E-state index in [1.54, 1.807) is 6.08 Å². The Morgan fingerprint density at radius 3 is 2.77 bits per heavy atom. The van der Waals surface area contributed by atoms with E-state index in [0.29, 0.717) is 19.0 Å². The third-order valence-electron chi connectivity index (χ3n) is 4.05. The van der Waals surface area contributed by atoms with E-state index in [9.17, 15) is 0 Å². The summed E-state index contributed by atoms with van der Waals surface area (Å²) >= 11 is 0. The molecule has 1 aromatic carbocycles. The van der Waals surface area contributed by atoms with Crippen LogP contribution in [-0.4, -0.2) is 36.0 Å². The lowest BCUT2D eigenvalue weighted by Crippen LogP contribution is -2.49. The molecule has 2 rings (SSSR count). The van der Waals surface area contributed by atoms with E-state index in [1.165, 1.54) is 11.1 Å². The highest BCUT2D eigenvalue weighted by atomic mass is 127. The lowest BCUT2D eigenvalue weighted by molar-refractivity contribution is 0.112. The lowest BCUT2D eigenvalue weighted by atomic mass is 9.94. The lowest BCUT2D eigenvalue weighted by Gasteiger charge is -2.40. The average Bonchev–Trinajstić information content (AvgIpc) is 2.50. The van der Waals surface area contributed by atoms with Crippen LogP contribution in [0.5, 0.6) is 0 Å². The fourth-order valence-electron chi connectivity index (χ4n) is 2.62. The largest absolute Gasteiger partial charge is 0.370 e. The quantitative estimate of drug-likeness (QED) is 0.337. The van der Waals surface area contributed by atoms with Crippen LogP contribution in [0.4, 0.5) is 0 Å². The highest BCUT2D eigenvalue weighted by Crippen LogP contribution is 2.25. The van der Waals surface area contributed by atoms with E-state index in [2.05, 4.69) is 59.9 Å². The Morgan fingerprint density at radius 1 is 1.41 bits per heavy atom. The van der Waals surface area contributed by atoms with E-state index in [0.717, 1.165) is 19.5 Å². The number of nitrogens with two attached hydrogens (primary N) is 1. The van der Waals surface area contributed by atoms with Crippen molar-refractivity contribution in [2.75, 3.05) is 19.6 Å². The Labute approximate surface area is 150 Å². The zero-order valence-corrected chi connectivity index (χ0v) is 15.8. The van der Waals surface area contributed by atoms with Crippen LogP contribution in [0, 0.1) is 0 Å². The molecule has 0 spiro atoms. The molecule has 1 aromatic rings. The molecule has 0 amide bonds. The van der Waals surface area contributed by atoms with Gasteiger partial charge >= 0.3 is 0 Å². The number of guanidine groups is 1. The minimum atomic E-state index is -0.00594. The molecule has 4 nitrogen and oxygen atoms in total. The molecule has 0 aliphatic carbocycles. The van der Waals surface area contributed by atoms with E-state index in [-0.39, 0.29) is 29.5 Å². The predicted octanol–water partition coefficient (Wildman–Crippen LogP) is 2.53. The summed E-state index contributed by atoms with van der Waals surface area (Å²) < 4.78 is 0. The van der Waals surface area contributed by atoms with Gasteiger partial charge in [0, 0.05) is 25.2 Å². The summed E-state index contributed by atoms with van der Waals surface area (Å²) in [6, 6.07) is 8.69. The van der Waals surface area contributed by atoms with Crippen molar-refractivity contribution in [3.05, 3.63) is 48.0 Å². The molecule has 22 heavy (non-hydrogen) atoms. The zero-order valence-electron chi connectivity index (χ0n) is 13.5. The maximum absolute atomic E-state index is 5.85. The van der Waals surface area contributed by atoms with E-state index < -0.39 is 0 Å². The first-order valence-electron chi connectivity index (χ1n) is 7.49. The van der Waals surface area contributed by atoms with Gasteiger partial charge in [-0.05, 0) is 31.4 Å². The molecular weight excluding hydrogens is 387 g/mol. The van der Waals surface area contributed by atoms with E-state index >= 15 is 0 Å². The van der Waals surface area contributed by atoms with Gasteiger partial charge < -0.3 is 11.1 Å². The monoisotopic (exact) mass is 414 g/mol. The summed E-state index contributed by atoms with van der Waals surface area (Å²) in [4.78, 5) is 6.94. The van der Waals surface area contributed by atoms with Crippen molar-refractivity contribution in [1.29, 1.82) is 0 Å². The van der Waals surface area contributed by atoms with E-state index in [1.807, 2.05) is 0 Å². The summed E-state index contributed by atoms with van der Waals surface area (Å²) in [7, 11) is 0. The average molecular weight is 414 g/mol. The molecule has 1 aliphatic rings. The minimum absolute atomic E-state index is 0. The molecule has 0 aromatic heterocycles. The van der Waals surface area contributed by atoms with Crippen molar-refractivity contribution in [2.45, 2.75) is 32.4 Å². The smallest absolute Gasteiger partial charge is 0.188 e. The standard InChI is InChI=1S/C17H26N4.HI/c1-4-10-19-16(18)20-13-17(2,3)21-11-9-14-7-5-6-8-15(14)12-21;/h4-8H,1,9-13H2,2-3H3,(H3,18,19,20);1H. The second kappa shape index (κ2) is 8.53. The van der Waals surface area contributed by atoms with Gasteiger partial charge in [0.15, 0.2) is 5.96 Å². The molecule has 0 unspecified atom stereocenters. The van der Waals surface area contributed by atoms with Gasteiger partial charge in [-0.1, -0.05) is 30.3 Å². The zero-order chi connectivity index (χ0) is 15.3. The van der Waals surface area contributed by atoms with Crippen LogP contribution in [0.1, 0.15) is 25.0 Å². The van der Waals surface area contributed by atoms with Gasteiger partial charge in [0.1, 0.15) is 0 Å². The summed E-state index contributed by atoms with van der Waals surface area (Å²) in [5.74, 6) is 0.486. The van der Waals surface area contributed by atoms with Crippen molar-refractivity contribution in [2.24, 2.45) is 10.7 Å². The molecule has 122 valence electrons. The molecule has 0 saturated carbocycles. The first-order chi connectivity index (χ1) is 10.0. The van der Waals surface area contributed by atoms with Gasteiger partial charge in [-0.25, -0.2) is 0 Å². The van der Waals surface area contributed by atoms with Crippen molar-refractivity contribution >= 4 is 29.9 Å². The van der Waals surface area contributed by atoms with Crippen molar-refractivity contribution in [3.63, 3.8) is 0 Å².